The summed E-state index contributed by atoms with van der Waals surface area (Å²) >= 11 is 1.64. The van der Waals surface area contributed by atoms with Crippen LogP contribution in [-0.2, 0) is 22.6 Å². The lowest BCUT2D eigenvalue weighted by Gasteiger charge is -2.35. The molecule has 2 aromatic carbocycles. The fourth-order valence-corrected chi connectivity index (χ4v) is 5.27. The van der Waals surface area contributed by atoms with Gasteiger partial charge in [0.05, 0.1) is 17.2 Å². The molecule has 3 heterocycles. The summed E-state index contributed by atoms with van der Waals surface area (Å²) in [4.78, 5) is 32.4. The number of hydrogen-bond donors (Lipinski definition) is 2. The van der Waals surface area contributed by atoms with E-state index in [1.165, 1.54) is 11.1 Å². The smallest absolute Gasteiger partial charge is 0.313 e. The minimum atomic E-state index is -0.677. The van der Waals surface area contributed by atoms with E-state index in [1.807, 2.05) is 36.6 Å². The number of nitrogens with one attached hydrogen (secondary N) is 2. The van der Waals surface area contributed by atoms with Crippen LogP contribution in [0.15, 0.2) is 71.4 Å². The van der Waals surface area contributed by atoms with Crippen molar-refractivity contribution < 1.29 is 9.59 Å². The number of benzene rings is 2. The van der Waals surface area contributed by atoms with Gasteiger partial charge in [0.1, 0.15) is 0 Å². The van der Waals surface area contributed by atoms with E-state index >= 15 is 0 Å². The van der Waals surface area contributed by atoms with Crippen molar-refractivity contribution in [1.82, 2.24) is 15.2 Å². The largest absolute Gasteiger partial charge is 0.346 e. The van der Waals surface area contributed by atoms with Gasteiger partial charge < -0.3 is 10.6 Å². The molecule has 172 valence electrons. The van der Waals surface area contributed by atoms with Crippen LogP contribution in [0.1, 0.15) is 28.4 Å². The minimum absolute atomic E-state index is 0.000330. The quantitative estimate of drug-likeness (QED) is 0.423. The highest BCUT2D eigenvalue weighted by atomic mass is 32.1. The monoisotopic (exact) mass is 470 g/mol. The number of rotatable bonds is 5. The number of aromatic nitrogens is 1. The van der Waals surface area contributed by atoms with Crippen molar-refractivity contribution in [2.24, 2.45) is 0 Å². The fraction of sp³-hybridized carbons (Fsp3) is 0.222. The third kappa shape index (κ3) is 4.71. The third-order valence-electron chi connectivity index (χ3n) is 6.28. The number of amides is 2. The summed E-state index contributed by atoms with van der Waals surface area (Å²) in [6.45, 7) is 3.95. The summed E-state index contributed by atoms with van der Waals surface area (Å²) in [5.74, 6) is -1.32. The van der Waals surface area contributed by atoms with Gasteiger partial charge in [-0.15, -0.1) is 0 Å². The van der Waals surface area contributed by atoms with Crippen LogP contribution in [-0.4, -0.2) is 34.8 Å². The maximum absolute atomic E-state index is 12.8. The van der Waals surface area contributed by atoms with Crippen molar-refractivity contribution in [1.29, 1.82) is 0 Å². The summed E-state index contributed by atoms with van der Waals surface area (Å²) in [5.41, 5.74) is 5.99. The van der Waals surface area contributed by atoms with Gasteiger partial charge in [0.2, 0.25) is 0 Å². The lowest BCUT2D eigenvalue weighted by Crippen LogP contribution is -2.43. The Hall–Kier alpha value is -3.55. The number of anilines is 1. The van der Waals surface area contributed by atoms with E-state index in [-0.39, 0.29) is 6.04 Å². The molecule has 4 aromatic rings. The molecule has 1 aliphatic rings. The first kappa shape index (κ1) is 22.3. The molecule has 6 nitrogen and oxygen atoms in total. The first-order chi connectivity index (χ1) is 16.6. The summed E-state index contributed by atoms with van der Waals surface area (Å²) in [6.07, 6.45) is 0.972. The van der Waals surface area contributed by atoms with Crippen LogP contribution in [0.4, 0.5) is 5.69 Å². The number of carbonyl (C=O) groups is 2. The number of aryl methyl sites for hydroxylation is 1. The maximum atomic E-state index is 12.8. The van der Waals surface area contributed by atoms with Crippen LogP contribution in [0.3, 0.4) is 0 Å². The average molecular weight is 471 g/mol. The summed E-state index contributed by atoms with van der Waals surface area (Å²) in [7, 11) is 0. The molecule has 2 aromatic heterocycles. The molecule has 2 amide bonds. The van der Waals surface area contributed by atoms with Gasteiger partial charge in [-0.05, 0) is 59.0 Å². The molecule has 7 heteroatoms. The lowest BCUT2D eigenvalue weighted by atomic mass is 9.97. The van der Waals surface area contributed by atoms with Gasteiger partial charge in [0, 0.05) is 30.7 Å². The SMILES string of the molecule is Cc1cc(NC(=O)C(=O)NCC(c2ccsc2)N2CCc3ccccc3C2)c2ccccc2n1. The Labute approximate surface area is 202 Å². The number of para-hydroxylation sites is 1. The Morgan fingerprint density at radius 1 is 1.06 bits per heavy atom. The van der Waals surface area contributed by atoms with Crippen LogP contribution in [0, 0.1) is 6.92 Å². The first-order valence-corrected chi connectivity index (χ1v) is 12.3. The highest BCUT2D eigenvalue weighted by Crippen LogP contribution is 2.29. The second-order valence-corrected chi connectivity index (χ2v) is 9.33. The van der Waals surface area contributed by atoms with Crippen molar-refractivity contribution in [3.63, 3.8) is 0 Å². The molecular formula is C27H26N4O2S. The van der Waals surface area contributed by atoms with Crippen LogP contribution in [0.5, 0.6) is 0 Å². The predicted molar refractivity (Wildman–Crippen MR) is 136 cm³/mol. The first-order valence-electron chi connectivity index (χ1n) is 11.4. The standard InChI is InChI=1S/C27H26N4O2S/c1-18-14-24(22-8-4-5-9-23(22)29-18)30-27(33)26(32)28-15-25(21-11-13-34-17-21)31-12-10-19-6-2-3-7-20(19)16-31/h2-9,11,13-14,17,25H,10,12,15-16H2,1H3,(H,28,32)(H,29,30,33). The zero-order chi connectivity index (χ0) is 23.5. The van der Waals surface area contributed by atoms with Gasteiger partial charge in [0.15, 0.2) is 0 Å². The molecule has 1 aliphatic heterocycles. The highest BCUT2D eigenvalue weighted by Gasteiger charge is 2.26. The van der Waals surface area contributed by atoms with Gasteiger partial charge in [-0.1, -0.05) is 42.5 Å². The number of thiophene rings is 1. The Kier molecular flexibility index (Phi) is 6.38. The Bertz CT molecular complexity index is 1340. The molecule has 0 spiro atoms. The predicted octanol–water partition coefficient (Wildman–Crippen LogP) is 4.46. The van der Waals surface area contributed by atoms with E-state index in [0.717, 1.165) is 41.7 Å². The molecule has 0 radical (unpaired) electrons. The van der Waals surface area contributed by atoms with E-state index in [4.69, 9.17) is 0 Å². The Morgan fingerprint density at radius 3 is 2.68 bits per heavy atom. The van der Waals surface area contributed by atoms with Crippen molar-refractivity contribution >= 4 is 39.7 Å². The Balaban J connectivity index is 1.29. The van der Waals surface area contributed by atoms with E-state index in [2.05, 4.69) is 56.2 Å². The van der Waals surface area contributed by atoms with Crippen molar-refractivity contribution in [3.05, 3.63) is 93.8 Å². The lowest BCUT2D eigenvalue weighted by molar-refractivity contribution is -0.136. The molecule has 1 atom stereocenters. The van der Waals surface area contributed by atoms with Crippen molar-refractivity contribution in [2.75, 3.05) is 18.4 Å². The van der Waals surface area contributed by atoms with Gasteiger partial charge in [0.25, 0.3) is 0 Å². The molecule has 0 bridgehead atoms. The van der Waals surface area contributed by atoms with Gasteiger partial charge in [-0.3, -0.25) is 19.5 Å². The van der Waals surface area contributed by atoms with Crippen LogP contribution in [0.25, 0.3) is 10.9 Å². The zero-order valence-corrected chi connectivity index (χ0v) is 19.8. The molecule has 1 unspecified atom stereocenters. The summed E-state index contributed by atoms with van der Waals surface area (Å²) in [6, 6.07) is 19.9. The average Bonchev–Trinajstić information content (AvgIpc) is 3.38. The van der Waals surface area contributed by atoms with Gasteiger partial charge in [-0.25, -0.2) is 0 Å². The minimum Gasteiger partial charge on any atom is -0.346 e. The van der Waals surface area contributed by atoms with E-state index in [9.17, 15) is 9.59 Å². The van der Waals surface area contributed by atoms with Crippen LogP contribution >= 0.6 is 11.3 Å². The van der Waals surface area contributed by atoms with E-state index in [0.29, 0.717) is 12.2 Å². The van der Waals surface area contributed by atoms with Gasteiger partial charge in [-0.2, -0.15) is 11.3 Å². The second kappa shape index (κ2) is 9.75. The number of nitrogens with zero attached hydrogens (tertiary/aromatic N) is 2. The summed E-state index contributed by atoms with van der Waals surface area (Å²) in [5, 5.41) is 10.6. The molecule has 2 N–H and O–H groups in total. The van der Waals surface area contributed by atoms with E-state index in [1.54, 1.807) is 17.4 Å². The van der Waals surface area contributed by atoms with Crippen molar-refractivity contribution in [2.45, 2.75) is 25.9 Å². The molecule has 0 saturated carbocycles. The number of fused-ring (bicyclic) bond motifs is 2. The second-order valence-electron chi connectivity index (χ2n) is 8.55. The number of pyridine rings is 1. The topological polar surface area (TPSA) is 74.3 Å². The fourth-order valence-electron chi connectivity index (χ4n) is 4.57. The molecule has 0 fully saturated rings. The highest BCUT2D eigenvalue weighted by molar-refractivity contribution is 7.08. The number of hydrogen-bond acceptors (Lipinski definition) is 5. The molecule has 0 saturated heterocycles. The molecule has 0 aliphatic carbocycles. The van der Waals surface area contributed by atoms with Crippen molar-refractivity contribution in [3.8, 4) is 0 Å². The van der Waals surface area contributed by atoms with E-state index < -0.39 is 11.8 Å². The summed E-state index contributed by atoms with van der Waals surface area (Å²) < 4.78 is 0. The molecule has 34 heavy (non-hydrogen) atoms. The Morgan fingerprint density at radius 2 is 1.85 bits per heavy atom. The van der Waals surface area contributed by atoms with Gasteiger partial charge >= 0.3 is 11.8 Å². The zero-order valence-electron chi connectivity index (χ0n) is 19.0. The maximum Gasteiger partial charge on any atom is 0.313 e. The van der Waals surface area contributed by atoms with Crippen LogP contribution < -0.4 is 10.6 Å². The molecular weight excluding hydrogens is 444 g/mol. The molecule has 5 rings (SSSR count). The van der Waals surface area contributed by atoms with Crippen LogP contribution in [0.2, 0.25) is 0 Å². The normalized spacial score (nSPS) is 14.4. The number of carbonyl (C=O) groups excluding carboxylic acids is 2. The third-order valence-corrected chi connectivity index (χ3v) is 6.99.